The summed E-state index contributed by atoms with van der Waals surface area (Å²) in [5.74, 6) is -0.832. The van der Waals surface area contributed by atoms with Gasteiger partial charge in [-0.3, -0.25) is 9.48 Å². The summed E-state index contributed by atoms with van der Waals surface area (Å²) in [5, 5.41) is 16.1. The lowest BCUT2D eigenvalue weighted by Gasteiger charge is -2.23. The monoisotopic (exact) mass is 370 g/mol. The number of amides is 2. The van der Waals surface area contributed by atoms with Gasteiger partial charge in [0.1, 0.15) is 5.69 Å². The summed E-state index contributed by atoms with van der Waals surface area (Å²) in [6, 6.07) is -0.550. The molecule has 1 saturated carbocycles. The fraction of sp³-hybridized carbons (Fsp3) is 0.706. The molecule has 1 aromatic heterocycles. The van der Waals surface area contributed by atoms with Gasteiger partial charge in [0, 0.05) is 19.6 Å². The molecule has 0 bridgehead atoms. The lowest BCUT2D eigenvalue weighted by atomic mass is 9.81. The molecular weight excluding hydrogens is 346 g/mol. The fourth-order valence-electron chi connectivity index (χ4n) is 4.20. The van der Waals surface area contributed by atoms with Gasteiger partial charge in [0.25, 0.3) is 6.43 Å². The summed E-state index contributed by atoms with van der Waals surface area (Å²) in [4.78, 5) is 25.7. The predicted molar refractivity (Wildman–Crippen MR) is 90.0 cm³/mol. The van der Waals surface area contributed by atoms with Crippen LogP contribution in [0, 0.1) is 17.3 Å². The number of hydrogen-bond acceptors (Lipinski definition) is 3. The Labute approximate surface area is 150 Å². The van der Waals surface area contributed by atoms with E-state index >= 15 is 0 Å². The molecule has 0 aromatic carbocycles. The lowest BCUT2D eigenvalue weighted by molar-refractivity contribution is -0.149. The molecule has 2 N–H and O–H groups in total. The maximum Gasteiger partial charge on any atom is 0.321 e. The van der Waals surface area contributed by atoms with Crippen molar-refractivity contribution in [2.24, 2.45) is 17.3 Å². The number of nitrogens with one attached hydrogen (secondary N) is 1. The second kappa shape index (κ2) is 6.85. The summed E-state index contributed by atoms with van der Waals surface area (Å²) >= 11 is 0. The molecule has 2 aliphatic rings. The topological polar surface area (TPSA) is 87.5 Å². The highest BCUT2D eigenvalue weighted by molar-refractivity contribution is 5.91. The first-order valence-electron chi connectivity index (χ1n) is 8.87. The van der Waals surface area contributed by atoms with E-state index in [0.717, 1.165) is 12.8 Å². The zero-order valence-corrected chi connectivity index (χ0v) is 14.9. The predicted octanol–water partition coefficient (Wildman–Crippen LogP) is 3.20. The number of urea groups is 1. The molecule has 3 rings (SSSR count). The Bertz CT molecular complexity index is 706. The van der Waals surface area contributed by atoms with Crippen LogP contribution >= 0.6 is 0 Å². The highest BCUT2D eigenvalue weighted by Crippen LogP contribution is 2.49. The van der Waals surface area contributed by atoms with Gasteiger partial charge < -0.3 is 15.3 Å². The smallest absolute Gasteiger partial charge is 0.321 e. The highest BCUT2D eigenvalue weighted by Gasteiger charge is 2.55. The van der Waals surface area contributed by atoms with Crippen LogP contribution in [0.4, 0.5) is 19.3 Å². The number of halogens is 2. The molecule has 9 heteroatoms. The molecule has 26 heavy (non-hydrogen) atoms. The van der Waals surface area contributed by atoms with Crippen LogP contribution in [0.3, 0.4) is 0 Å². The van der Waals surface area contributed by atoms with Crippen LogP contribution in [0.1, 0.15) is 45.2 Å². The Morgan fingerprint density at radius 3 is 2.77 bits per heavy atom. The normalized spacial score (nSPS) is 25.2. The van der Waals surface area contributed by atoms with E-state index in [1.54, 1.807) is 0 Å². The summed E-state index contributed by atoms with van der Waals surface area (Å²) in [6.45, 7) is 4.56. The largest absolute Gasteiger partial charge is 0.481 e. The van der Waals surface area contributed by atoms with Gasteiger partial charge in [0.15, 0.2) is 0 Å². The van der Waals surface area contributed by atoms with Crippen LogP contribution in [-0.2, 0) is 11.3 Å². The minimum absolute atomic E-state index is 0.0212. The van der Waals surface area contributed by atoms with Gasteiger partial charge in [-0.05, 0) is 24.7 Å². The standard InChI is InChI=1S/C17H24F2N4O3/c1-10(2)7-23-13(14(18)19)12(6-20-23)21-16(26)22-8-11-4-3-5-17(11,9-22)15(24)25/h6,10-11,14H,3-5,7-9H2,1-2H3,(H,21,26)(H,24,25)/t11-,17+/m0/s1. The van der Waals surface area contributed by atoms with Crippen LogP contribution in [0.2, 0.25) is 0 Å². The van der Waals surface area contributed by atoms with Crippen LogP contribution in [-0.4, -0.2) is 44.9 Å². The first-order chi connectivity index (χ1) is 12.2. The summed E-state index contributed by atoms with van der Waals surface area (Å²) in [6.07, 6.45) is 0.612. The highest BCUT2D eigenvalue weighted by atomic mass is 19.3. The average molecular weight is 370 g/mol. The first-order valence-corrected chi connectivity index (χ1v) is 8.87. The van der Waals surface area contributed by atoms with E-state index in [4.69, 9.17) is 0 Å². The molecule has 1 saturated heterocycles. The van der Waals surface area contributed by atoms with Crippen LogP contribution < -0.4 is 5.32 Å². The zero-order valence-electron chi connectivity index (χ0n) is 14.9. The lowest BCUT2D eigenvalue weighted by Crippen LogP contribution is -2.38. The number of likely N-dealkylation sites (tertiary alicyclic amines) is 1. The number of alkyl halides is 2. The van der Waals surface area contributed by atoms with E-state index in [2.05, 4.69) is 10.4 Å². The maximum absolute atomic E-state index is 13.5. The Morgan fingerprint density at radius 2 is 2.19 bits per heavy atom. The van der Waals surface area contributed by atoms with Gasteiger partial charge in [-0.1, -0.05) is 20.3 Å². The quantitative estimate of drug-likeness (QED) is 0.833. The van der Waals surface area contributed by atoms with Gasteiger partial charge in [0.05, 0.1) is 17.3 Å². The fourth-order valence-corrected chi connectivity index (χ4v) is 4.20. The maximum atomic E-state index is 13.5. The zero-order chi connectivity index (χ0) is 19.1. The molecule has 0 radical (unpaired) electrons. The third-order valence-corrected chi connectivity index (χ3v) is 5.45. The SMILES string of the molecule is CC(C)Cn1ncc(NC(=O)N2C[C@@H]3CCC[C@@]3(C(=O)O)C2)c1C(F)F. The van der Waals surface area contributed by atoms with E-state index in [-0.39, 0.29) is 29.8 Å². The second-order valence-corrected chi connectivity index (χ2v) is 7.68. The molecular formula is C17H24F2N4O3. The number of carbonyl (C=O) groups is 2. The molecule has 144 valence electrons. The van der Waals surface area contributed by atoms with E-state index in [9.17, 15) is 23.5 Å². The molecule has 2 atom stereocenters. The summed E-state index contributed by atoms with van der Waals surface area (Å²) < 4.78 is 28.1. The summed E-state index contributed by atoms with van der Waals surface area (Å²) in [7, 11) is 0. The molecule has 2 fully saturated rings. The van der Waals surface area contributed by atoms with E-state index < -0.39 is 23.8 Å². The number of aliphatic carboxylic acids is 1. The Hall–Kier alpha value is -2.19. The van der Waals surface area contributed by atoms with Crippen LogP contribution in [0.25, 0.3) is 0 Å². The van der Waals surface area contributed by atoms with Crippen molar-refractivity contribution in [1.29, 1.82) is 0 Å². The number of aromatic nitrogens is 2. The Morgan fingerprint density at radius 1 is 1.46 bits per heavy atom. The number of carbonyl (C=O) groups excluding carboxylic acids is 1. The van der Waals surface area contributed by atoms with Gasteiger partial charge in [-0.15, -0.1) is 0 Å². The molecule has 1 aromatic rings. The first kappa shape index (κ1) is 18.6. The number of rotatable bonds is 5. The second-order valence-electron chi connectivity index (χ2n) is 7.68. The Balaban J connectivity index is 1.75. The van der Waals surface area contributed by atoms with Crippen LogP contribution in [0.5, 0.6) is 0 Å². The number of hydrogen-bond donors (Lipinski definition) is 2. The molecule has 0 spiro atoms. The average Bonchev–Trinajstić information content (AvgIpc) is 3.18. The molecule has 7 nitrogen and oxygen atoms in total. The third-order valence-electron chi connectivity index (χ3n) is 5.45. The molecule has 2 amide bonds. The molecule has 2 heterocycles. The van der Waals surface area contributed by atoms with Crippen molar-refractivity contribution in [3.05, 3.63) is 11.9 Å². The number of carboxylic acids is 1. The van der Waals surface area contributed by atoms with Gasteiger partial charge >= 0.3 is 12.0 Å². The van der Waals surface area contributed by atoms with Crippen molar-refractivity contribution in [2.75, 3.05) is 18.4 Å². The van der Waals surface area contributed by atoms with Crippen molar-refractivity contribution >= 4 is 17.7 Å². The van der Waals surface area contributed by atoms with Crippen molar-refractivity contribution in [1.82, 2.24) is 14.7 Å². The molecule has 0 unspecified atom stereocenters. The third kappa shape index (κ3) is 3.14. The Kier molecular flexibility index (Phi) is 4.90. The van der Waals surface area contributed by atoms with E-state index in [1.165, 1.54) is 15.8 Å². The van der Waals surface area contributed by atoms with E-state index in [0.29, 0.717) is 19.5 Å². The molecule has 1 aliphatic heterocycles. The van der Waals surface area contributed by atoms with Crippen LogP contribution in [0.15, 0.2) is 6.20 Å². The number of nitrogens with zero attached hydrogens (tertiary/aromatic N) is 3. The van der Waals surface area contributed by atoms with Crippen molar-refractivity contribution < 1.29 is 23.5 Å². The number of anilines is 1. The van der Waals surface area contributed by atoms with E-state index in [1.807, 2.05) is 13.8 Å². The number of fused-ring (bicyclic) bond motifs is 1. The van der Waals surface area contributed by atoms with Gasteiger partial charge in [0.2, 0.25) is 0 Å². The minimum Gasteiger partial charge on any atom is -0.481 e. The van der Waals surface area contributed by atoms with Gasteiger partial charge in [-0.2, -0.15) is 5.10 Å². The number of carboxylic acid groups (broad SMARTS) is 1. The molecule has 1 aliphatic carbocycles. The minimum atomic E-state index is -2.77. The summed E-state index contributed by atoms with van der Waals surface area (Å²) in [5.41, 5.74) is -1.24. The van der Waals surface area contributed by atoms with Crippen molar-refractivity contribution in [3.8, 4) is 0 Å². The van der Waals surface area contributed by atoms with Gasteiger partial charge in [-0.25, -0.2) is 13.6 Å². The van der Waals surface area contributed by atoms with Crippen molar-refractivity contribution in [3.63, 3.8) is 0 Å². The van der Waals surface area contributed by atoms with Crippen molar-refractivity contribution in [2.45, 2.75) is 46.1 Å².